The number of piperazine rings is 1. The van der Waals surface area contributed by atoms with Crippen LogP contribution in [-0.4, -0.2) is 26.2 Å². The molecule has 0 unspecified atom stereocenters. The molecule has 4 nitrogen and oxygen atoms in total. The van der Waals surface area contributed by atoms with Crippen LogP contribution < -0.4 is 15.4 Å². The van der Waals surface area contributed by atoms with Gasteiger partial charge in [-0.05, 0) is 18.1 Å². The molecule has 2 heterocycles. The molecular weight excluding hydrogens is 336 g/mol. The Bertz CT molecular complexity index is 957. The van der Waals surface area contributed by atoms with Gasteiger partial charge in [-0.1, -0.05) is 49.4 Å². The van der Waals surface area contributed by atoms with Gasteiger partial charge in [0, 0.05) is 22.6 Å². The van der Waals surface area contributed by atoms with Gasteiger partial charge in [0.1, 0.15) is 44.9 Å². The number of benzene rings is 2. The molecule has 3 aromatic rings. The van der Waals surface area contributed by atoms with Gasteiger partial charge in [-0.3, -0.25) is 0 Å². The zero-order chi connectivity index (χ0) is 18.6. The Morgan fingerprint density at radius 2 is 1.56 bits per heavy atom. The summed E-state index contributed by atoms with van der Waals surface area (Å²) in [5.41, 5.74) is 4.22. The molecule has 1 aliphatic rings. The van der Waals surface area contributed by atoms with Crippen LogP contribution >= 0.6 is 0 Å². The summed E-state index contributed by atoms with van der Waals surface area (Å²) in [5, 5.41) is 1.08. The second-order valence-corrected chi connectivity index (χ2v) is 7.61. The molecule has 1 aliphatic heterocycles. The first-order chi connectivity index (χ1) is 13.2. The Morgan fingerprint density at radius 1 is 0.852 bits per heavy atom. The first-order valence-electron chi connectivity index (χ1n) is 9.98. The molecule has 4 heteroatoms. The van der Waals surface area contributed by atoms with Crippen molar-refractivity contribution in [3.05, 3.63) is 81.7 Å². The fourth-order valence-electron chi connectivity index (χ4n) is 4.11. The van der Waals surface area contributed by atoms with Crippen LogP contribution in [0.4, 0.5) is 0 Å². The Kier molecular flexibility index (Phi) is 5.37. The van der Waals surface area contributed by atoms with Crippen LogP contribution in [-0.2, 0) is 19.5 Å². The Labute approximate surface area is 160 Å². The largest absolute Gasteiger partial charge is 0.423 e. The molecule has 4 rings (SSSR count). The summed E-state index contributed by atoms with van der Waals surface area (Å²) in [6.07, 6.45) is 0.946. The Morgan fingerprint density at radius 3 is 2.26 bits per heavy atom. The molecule has 0 radical (unpaired) electrons. The van der Waals surface area contributed by atoms with E-state index in [4.69, 9.17) is 4.42 Å². The SMILES string of the molecule is CCc1ccc2c(C[NH+]3CC[NH+](Cc4ccccc4)CC3)cc(=O)oc2c1. The zero-order valence-electron chi connectivity index (χ0n) is 16.0. The molecule has 140 valence electrons. The van der Waals surface area contributed by atoms with Gasteiger partial charge in [0.25, 0.3) is 0 Å². The third-order valence-corrected chi connectivity index (χ3v) is 5.70. The van der Waals surface area contributed by atoms with Crippen LogP contribution in [0.1, 0.15) is 23.6 Å². The van der Waals surface area contributed by atoms with Crippen LogP contribution in [0.2, 0.25) is 0 Å². The number of quaternary nitrogens is 2. The van der Waals surface area contributed by atoms with E-state index in [0.717, 1.165) is 49.1 Å². The van der Waals surface area contributed by atoms with Gasteiger partial charge in [-0.25, -0.2) is 4.79 Å². The van der Waals surface area contributed by atoms with Gasteiger partial charge in [0.05, 0.1) is 0 Å². The second kappa shape index (κ2) is 8.07. The quantitative estimate of drug-likeness (QED) is 0.659. The van der Waals surface area contributed by atoms with Crippen LogP contribution in [0, 0.1) is 0 Å². The van der Waals surface area contributed by atoms with Crippen molar-refractivity contribution in [1.82, 2.24) is 0 Å². The lowest BCUT2D eigenvalue weighted by Gasteiger charge is -2.30. The van der Waals surface area contributed by atoms with Crippen molar-refractivity contribution in [1.29, 1.82) is 0 Å². The number of aryl methyl sites for hydroxylation is 1. The molecule has 1 aromatic heterocycles. The molecule has 1 saturated heterocycles. The first-order valence-corrected chi connectivity index (χ1v) is 9.98. The lowest BCUT2D eigenvalue weighted by Crippen LogP contribution is -3.27. The topological polar surface area (TPSA) is 39.1 Å². The lowest BCUT2D eigenvalue weighted by molar-refractivity contribution is -1.02. The van der Waals surface area contributed by atoms with Crippen LogP contribution in [0.3, 0.4) is 0 Å². The minimum Gasteiger partial charge on any atom is -0.423 e. The molecule has 1 fully saturated rings. The van der Waals surface area contributed by atoms with Crippen molar-refractivity contribution in [2.75, 3.05) is 26.2 Å². The zero-order valence-corrected chi connectivity index (χ0v) is 16.0. The standard InChI is InChI=1S/C23H26N2O2/c1-2-18-8-9-21-20(15-23(26)27-22(21)14-18)17-25-12-10-24(11-13-25)16-19-6-4-3-5-7-19/h3-9,14-15H,2,10-13,16-17H2,1H3/p+2. The third-order valence-electron chi connectivity index (χ3n) is 5.70. The van der Waals surface area contributed by atoms with Crippen LogP contribution in [0.25, 0.3) is 11.0 Å². The molecule has 2 aromatic carbocycles. The second-order valence-electron chi connectivity index (χ2n) is 7.61. The first kappa shape index (κ1) is 18.0. The number of nitrogens with one attached hydrogen (secondary N) is 2. The van der Waals surface area contributed by atoms with E-state index in [1.54, 1.807) is 15.9 Å². The number of fused-ring (bicyclic) bond motifs is 1. The van der Waals surface area contributed by atoms with E-state index in [9.17, 15) is 4.79 Å². The highest BCUT2D eigenvalue weighted by Crippen LogP contribution is 2.18. The smallest absolute Gasteiger partial charge is 0.336 e. The van der Waals surface area contributed by atoms with Crippen LogP contribution in [0.5, 0.6) is 0 Å². The molecule has 0 bridgehead atoms. The number of rotatable bonds is 5. The van der Waals surface area contributed by atoms with Crippen molar-refractivity contribution >= 4 is 11.0 Å². The summed E-state index contributed by atoms with van der Waals surface area (Å²) in [5.74, 6) is 0. The monoisotopic (exact) mass is 364 g/mol. The molecular formula is C23H28N2O2+2. The molecule has 2 N–H and O–H groups in total. The predicted molar refractivity (Wildman–Crippen MR) is 107 cm³/mol. The molecule has 0 atom stereocenters. The molecule has 0 amide bonds. The summed E-state index contributed by atoms with van der Waals surface area (Å²) in [4.78, 5) is 15.2. The van der Waals surface area contributed by atoms with Crippen molar-refractivity contribution in [2.24, 2.45) is 0 Å². The minimum atomic E-state index is -0.238. The maximum Gasteiger partial charge on any atom is 0.336 e. The van der Waals surface area contributed by atoms with Gasteiger partial charge in [-0.15, -0.1) is 0 Å². The van der Waals surface area contributed by atoms with E-state index in [0.29, 0.717) is 0 Å². The lowest BCUT2D eigenvalue weighted by atomic mass is 10.1. The minimum absolute atomic E-state index is 0.238. The summed E-state index contributed by atoms with van der Waals surface area (Å²) < 4.78 is 5.45. The van der Waals surface area contributed by atoms with E-state index in [1.165, 1.54) is 24.2 Å². The van der Waals surface area contributed by atoms with E-state index in [1.807, 2.05) is 6.07 Å². The predicted octanol–water partition coefficient (Wildman–Crippen LogP) is 0.839. The van der Waals surface area contributed by atoms with Gasteiger partial charge in [0.15, 0.2) is 0 Å². The summed E-state index contributed by atoms with van der Waals surface area (Å²) >= 11 is 0. The summed E-state index contributed by atoms with van der Waals surface area (Å²) in [6, 6.07) is 18.7. The van der Waals surface area contributed by atoms with Gasteiger partial charge in [-0.2, -0.15) is 0 Å². The van der Waals surface area contributed by atoms with Crippen molar-refractivity contribution < 1.29 is 14.2 Å². The normalized spacial score (nSPS) is 20.0. The number of hydrogen-bond acceptors (Lipinski definition) is 2. The summed E-state index contributed by atoms with van der Waals surface area (Å²) in [6.45, 7) is 8.73. The maximum atomic E-state index is 12.0. The summed E-state index contributed by atoms with van der Waals surface area (Å²) in [7, 11) is 0. The van der Waals surface area contributed by atoms with Gasteiger partial charge in [0.2, 0.25) is 0 Å². The van der Waals surface area contributed by atoms with Gasteiger partial charge >= 0.3 is 5.63 Å². The molecule has 0 spiro atoms. The van der Waals surface area contributed by atoms with E-state index < -0.39 is 0 Å². The maximum absolute atomic E-state index is 12.0. The van der Waals surface area contributed by atoms with Gasteiger partial charge < -0.3 is 14.2 Å². The fourth-order valence-corrected chi connectivity index (χ4v) is 4.11. The van der Waals surface area contributed by atoms with E-state index >= 15 is 0 Å². The van der Waals surface area contributed by atoms with Crippen LogP contribution in [0.15, 0.2) is 63.8 Å². The Balaban J connectivity index is 1.44. The highest BCUT2D eigenvalue weighted by Gasteiger charge is 2.24. The highest BCUT2D eigenvalue weighted by molar-refractivity contribution is 5.80. The van der Waals surface area contributed by atoms with E-state index in [-0.39, 0.29) is 5.63 Å². The average Bonchev–Trinajstić information content (AvgIpc) is 2.69. The third kappa shape index (κ3) is 4.29. The fraction of sp³-hybridized carbons (Fsp3) is 0.348. The van der Waals surface area contributed by atoms with Crippen molar-refractivity contribution in [2.45, 2.75) is 26.4 Å². The molecule has 27 heavy (non-hydrogen) atoms. The highest BCUT2D eigenvalue weighted by atomic mass is 16.4. The van der Waals surface area contributed by atoms with E-state index in [2.05, 4.69) is 49.4 Å². The van der Waals surface area contributed by atoms with Crippen molar-refractivity contribution in [3.8, 4) is 0 Å². The number of hydrogen-bond donors (Lipinski definition) is 2. The molecule has 0 aliphatic carbocycles. The van der Waals surface area contributed by atoms with Crippen molar-refractivity contribution in [3.63, 3.8) is 0 Å². The average molecular weight is 364 g/mol. The molecule has 0 saturated carbocycles. The Hall–Kier alpha value is -2.43.